The van der Waals surface area contributed by atoms with Crippen LogP contribution in [0.15, 0.2) is 60.8 Å². The second-order valence-electron chi connectivity index (χ2n) is 7.50. The predicted octanol–water partition coefficient (Wildman–Crippen LogP) is 4.68. The van der Waals surface area contributed by atoms with Crippen LogP contribution in [0.1, 0.15) is 18.0 Å². The molecule has 0 saturated carbocycles. The molecule has 0 spiro atoms. The Kier molecular flexibility index (Phi) is 6.10. The number of halogens is 1. The maximum absolute atomic E-state index is 6.28. The lowest BCUT2D eigenvalue weighted by molar-refractivity contribution is 0.0897. The van der Waals surface area contributed by atoms with Gasteiger partial charge in [0, 0.05) is 56.0 Å². The standard InChI is InChI=1S/C23H27ClN4/c1-27-15-16-28(22(17-27)18-7-3-2-4-8-18)14-6-12-25-21-11-13-26-23-19(21)9-5-10-20(23)24/h2-5,7-11,13,22H,6,12,14-17H2,1H3,(H,25,26). The first-order valence-electron chi connectivity index (χ1n) is 9.97. The normalized spacial score (nSPS) is 18.4. The van der Waals surface area contributed by atoms with Crippen LogP contribution in [0.5, 0.6) is 0 Å². The quantitative estimate of drug-likeness (QED) is 0.615. The molecule has 0 bridgehead atoms. The zero-order valence-corrected chi connectivity index (χ0v) is 17.1. The number of nitrogens with one attached hydrogen (secondary N) is 1. The molecule has 1 fully saturated rings. The van der Waals surface area contributed by atoms with Gasteiger partial charge in [0.1, 0.15) is 0 Å². The van der Waals surface area contributed by atoms with Gasteiger partial charge in [-0.3, -0.25) is 9.88 Å². The van der Waals surface area contributed by atoms with Crippen LogP contribution in [0.4, 0.5) is 5.69 Å². The number of para-hydroxylation sites is 1. The summed E-state index contributed by atoms with van der Waals surface area (Å²) >= 11 is 6.28. The minimum Gasteiger partial charge on any atom is -0.384 e. The summed E-state index contributed by atoms with van der Waals surface area (Å²) in [6.45, 7) is 5.35. The second kappa shape index (κ2) is 8.91. The van der Waals surface area contributed by atoms with Crippen LogP contribution in [0, 0.1) is 0 Å². The Morgan fingerprint density at radius 2 is 1.93 bits per heavy atom. The third-order valence-corrected chi connectivity index (χ3v) is 5.84. The zero-order chi connectivity index (χ0) is 19.3. The van der Waals surface area contributed by atoms with Crippen LogP contribution in [0.3, 0.4) is 0 Å². The fourth-order valence-electron chi connectivity index (χ4n) is 4.02. The first kappa shape index (κ1) is 19.2. The molecule has 4 nitrogen and oxygen atoms in total. The highest BCUT2D eigenvalue weighted by atomic mass is 35.5. The van der Waals surface area contributed by atoms with Crippen molar-refractivity contribution in [3.8, 4) is 0 Å². The summed E-state index contributed by atoms with van der Waals surface area (Å²) in [4.78, 5) is 9.46. The van der Waals surface area contributed by atoms with Gasteiger partial charge in [-0.1, -0.05) is 54.1 Å². The van der Waals surface area contributed by atoms with Crippen LogP contribution in [-0.4, -0.2) is 54.6 Å². The average Bonchev–Trinajstić information content (AvgIpc) is 2.73. The van der Waals surface area contributed by atoms with Gasteiger partial charge >= 0.3 is 0 Å². The van der Waals surface area contributed by atoms with Crippen molar-refractivity contribution in [1.82, 2.24) is 14.8 Å². The Labute approximate surface area is 172 Å². The Morgan fingerprint density at radius 1 is 1.07 bits per heavy atom. The number of aromatic nitrogens is 1. The average molecular weight is 395 g/mol. The van der Waals surface area contributed by atoms with Gasteiger partial charge in [-0.05, 0) is 31.2 Å². The van der Waals surface area contributed by atoms with Crippen molar-refractivity contribution >= 4 is 28.2 Å². The Morgan fingerprint density at radius 3 is 2.79 bits per heavy atom. The lowest BCUT2D eigenvalue weighted by Gasteiger charge is -2.40. The van der Waals surface area contributed by atoms with Gasteiger partial charge in [0.15, 0.2) is 0 Å². The molecule has 1 N–H and O–H groups in total. The summed E-state index contributed by atoms with van der Waals surface area (Å²) in [5.74, 6) is 0. The first-order chi connectivity index (χ1) is 13.7. The van der Waals surface area contributed by atoms with Gasteiger partial charge in [-0.2, -0.15) is 0 Å². The number of hydrogen-bond donors (Lipinski definition) is 1. The van der Waals surface area contributed by atoms with E-state index in [4.69, 9.17) is 11.6 Å². The number of likely N-dealkylation sites (N-methyl/N-ethyl adjacent to an activating group) is 1. The molecule has 5 heteroatoms. The van der Waals surface area contributed by atoms with E-state index in [1.807, 2.05) is 24.4 Å². The predicted molar refractivity (Wildman–Crippen MR) is 118 cm³/mol. The number of hydrogen-bond acceptors (Lipinski definition) is 4. The van der Waals surface area contributed by atoms with Crippen LogP contribution in [0.25, 0.3) is 10.9 Å². The third kappa shape index (κ3) is 4.30. The van der Waals surface area contributed by atoms with Gasteiger partial charge < -0.3 is 10.2 Å². The Balaban J connectivity index is 1.38. The Bertz CT molecular complexity index is 915. The molecule has 3 aromatic rings. The second-order valence-corrected chi connectivity index (χ2v) is 7.91. The number of piperazine rings is 1. The summed E-state index contributed by atoms with van der Waals surface area (Å²) in [7, 11) is 2.22. The van der Waals surface area contributed by atoms with E-state index in [1.165, 1.54) is 5.56 Å². The van der Waals surface area contributed by atoms with E-state index in [0.29, 0.717) is 11.1 Å². The molecule has 146 valence electrons. The molecule has 1 aliphatic heterocycles. The SMILES string of the molecule is CN1CCN(CCCNc2ccnc3c(Cl)cccc23)C(c2ccccc2)C1. The van der Waals surface area contributed by atoms with E-state index in [9.17, 15) is 0 Å². The van der Waals surface area contributed by atoms with E-state index >= 15 is 0 Å². The lowest BCUT2D eigenvalue weighted by Crippen LogP contribution is -2.47. The smallest absolute Gasteiger partial charge is 0.0908 e. The van der Waals surface area contributed by atoms with Crippen LogP contribution in [0.2, 0.25) is 5.02 Å². The molecule has 1 saturated heterocycles. The molecule has 0 aliphatic carbocycles. The Hall–Kier alpha value is -2.14. The maximum atomic E-state index is 6.28. The number of benzene rings is 2. The fourth-order valence-corrected chi connectivity index (χ4v) is 4.24. The number of rotatable bonds is 6. The van der Waals surface area contributed by atoms with Crippen LogP contribution in [-0.2, 0) is 0 Å². The molecular formula is C23H27ClN4. The van der Waals surface area contributed by atoms with Gasteiger partial charge in [0.05, 0.1) is 10.5 Å². The maximum Gasteiger partial charge on any atom is 0.0908 e. The molecule has 1 aliphatic rings. The minimum atomic E-state index is 0.473. The molecule has 1 unspecified atom stereocenters. The highest BCUT2D eigenvalue weighted by Gasteiger charge is 2.25. The molecule has 1 atom stereocenters. The summed E-state index contributed by atoms with van der Waals surface area (Å²) in [5.41, 5.74) is 3.37. The van der Waals surface area contributed by atoms with Gasteiger partial charge in [-0.15, -0.1) is 0 Å². The zero-order valence-electron chi connectivity index (χ0n) is 16.3. The van der Waals surface area contributed by atoms with Crippen LogP contribution < -0.4 is 5.32 Å². The first-order valence-corrected chi connectivity index (χ1v) is 10.3. The number of pyridine rings is 1. The molecule has 4 rings (SSSR count). The van der Waals surface area contributed by atoms with Crippen molar-refractivity contribution < 1.29 is 0 Å². The minimum absolute atomic E-state index is 0.473. The van der Waals surface area contributed by atoms with Crippen molar-refractivity contribution in [3.63, 3.8) is 0 Å². The molecular weight excluding hydrogens is 368 g/mol. The van der Waals surface area contributed by atoms with Crippen molar-refractivity contribution in [1.29, 1.82) is 0 Å². The van der Waals surface area contributed by atoms with Crippen molar-refractivity contribution in [3.05, 3.63) is 71.4 Å². The monoisotopic (exact) mass is 394 g/mol. The lowest BCUT2D eigenvalue weighted by atomic mass is 10.0. The molecule has 28 heavy (non-hydrogen) atoms. The largest absolute Gasteiger partial charge is 0.384 e. The van der Waals surface area contributed by atoms with Gasteiger partial charge in [-0.25, -0.2) is 0 Å². The van der Waals surface area contributed by atoms with E-state index < -0.39 is 0 Å². The number of fused-ring (bicyclic) bond motifs is 1. The van der Waals surface area contributed by atoms with Crippen LogP contribution >= 0.6 is 11.6 Å². The summed E-state index contributed by atoms with van der Waals surface area (Å²) in [5, 5.41) is 5.36. The van der Waals surface area contributed by atoms with Crippen molar-refractivity contribution in [2.75, 3.05) is 45.1 Å². The summed E-state index contributed by atoms with van der Waals surface area (Å²) in [6.07, 6.45) is 2.92. The van der Waals surface area contributed by atoms with Crippen molar-refractivity contribution in [2.45, 2.75) is 12.5 Å². The van der Waals surface area contributed by atoms with Gasteiger partial charge in [0.2, 0.25) is 0 Å². The number of anilines is 1. The molecule has 1 aromatic heterocycles. The van der Waals surface area contributed by atoms with E-state index in [1.54, 1.807) is 0 Å². The summed E-state index contributed by atoms with van der Waals surface area (Å²) < 4.78 is 0. The fraction of sp³-hybridized carbons (Fsp3) is 0.348. The molecule has 0 radical (unpaired) electrons. The topological polar surface area (TPSA) is 31.4 Å². The van der Waals surface area contributed by atoms with E-state index in [-0.39, 0.29) is 0 Å². The number of nitrogens with zero attached hydrogens (tertiary/aromatic N) is 3. The third-order valence-electron chi connectivity index (χ3n) is 5.54. The van der Waals surface area contributed by atoms with Gasteiger partial charge in [0.25, 0.3) is 0 Å². The highest BCUT2D eigenvalue weighted by molar-refractivity contribution is 6.35. The molecule has 0 amide bonds. The molecule has 2 aromatic carbocycles. The van der Waals surface area contributed by atoms with E-state index in [0.717, 1.165) is 55.7 Å². The highest BCUT2D eigenvalue weighted by Crippen LogP contribution is 2.27. The molecule has 2 heterocycles. The van der Waals surface area contributed by atoms with E-state index in [2.05, 4.69) is 63.5 Å². The summed E-state index contributed by atoms with van der Waals surface area (Å²) in [6, 6.07) is 19.3. The van der Waals surface area contributed by atoms with Crippen molar-refractivity contribution in [2.24, 2.45) is 0 Å².